The molecule has 0 saturated carbocycles. The molecule has 2 N–H and O–H groups in total. The molecular weight excluding hydrogens is 465 g/mol. The van der Waals surface area contributed by atoms with E-state index in [2.05, 4.69) is 0 Å². The Balaban J connectivity index is 2.49. The van der Waals surface area contributed by atoms with Crippen LogP contribution in [-0.2, 0) is 25.8 Å². The number of rotatable bonds is 7. The van der Waals surface area contributed by atoms with Gasteiger partial charge in [-0.05, 0) is 36.8 Å². The predicted octanol–water partition coefficient (Wildman–Crippen LogP) is 2.87. The first-order chi connectivity index (χ1) is 14.8. The van der Waals surface area contributed by atoms with Crippen LogP contribution in [0.15, 0.2) is 41.3 Å². The Kier molecular flexibility index (Phi) is 7.44. The van der Waals surface area contributed by atoms with Gasteiger partial charge in [-0.25, -0.2) is 22.0 Å². The van der Waals surface area contributed by atoms with Crippen molar-refractivity contribution in [1.82, 2.24) is 5.32 Å². The topological polar surface area (TPSA) is 110 Å². The van der Waals surface area contributed by atoms with Crippen molar-refractivity contribution in [2.45, 2.75) is 29.8 Å². The third kappa shape index (κ3) is 5.33. The van der Waals surface area contributed by atoms with Gasteiger partial charge >= 0.3 is 11.5 Å². The summed E-state index contributed by atoms with van der Waals surface area (Å²) < 4.78 is 95.4. The number of benzene rings is 2. The van der Waals surface area contributed by atoms with Crippen molar-refractivity contribution in [2.75, 3.05) is 6.61 Å². The number of esters is 1. The highest BCUT2D eigenvalue weighted by Crippen LogP contribution is 2.34. The minimum atomic E-state index is -5.95. The Morgan fingerprint density at radius 3 is 2.25 bits per heavy atom. The Morgan fingerprint density at radius 1 is 1.12 bits per heavy atom. The van der Waals surface area contributed by atoms with Gasteiger partial charge in [-0.1, -0.05) is 12.1 Å². The van der Waals surface area contributed by atoms with E-state index in [0.717, 1.165) is 30.3 Å². The fourth-order valence-electron chi connectivity index (χ4n) is 2.69. The van der Waals surface area contributed by atoms with Crippen molar-refractivity contribution >= 4 is 21.7 Å². The van der Waals surface area contributed by atoms with Crippen LogP contribution in [0, 0.1) is 11.6 Å². The van der Waals surface area contributed by atoms with E-state index >= 15 is 0 Å². The molecule has 0 heterocycles. The molecule has 1 amide bonds. The molecule has 7 nitrogen and oxygen atoms in total. The fourth-order valence-corrected chi connectivity index (χ4v) is 3.71. The zero-order chi connectivity index (χ0) is 24.3. The lowest BCUT2D eigenvalue weighted by molar-refractivity contribution is -0.145. The van der Waals surface area contributed by atoms with Crippen molar-refractivity contribution in [2.24, 2.45) is 0 Å². The number of nitrogens with one attached hydrogen (secondary N) is 1. The number of carbonyl (C=O) groups is 2. The molecule has 0 aliphatic carbocycles. The molecule has 2 aromatic carbocycles. The van der Waals surface area contributed by atoms with E-state index in [-0.39, 0.29) is 6.61 Å². The van der Waals surface area contributed by atoms with Gasteiger partial charge in [0.05, 0.1) is 11.5 Å². The number of hydrogen-bond donors (Lipinski definition) is 2. The summed E-state index contributed by atoms with van der Waals surface area (Å²) in [5.74, 6) is -5.95. The number of phenols is 1. The van der Waals surface area contributed by atoms with E-state index in [1.54, 1.807) is 0 Å². The van der Waals surface area contributed by atoms with Crippen molar-refractivity contribution in [3.05, 3.63) is 59.2 Å². The highest BCUT2D eigenvalue weighted by atomic mass is 32.2. The van der Waals surface area contributed by atoms with Crippen LogP contribution in [-0.4, -0.2) is 43.6 Å². The molecule has 174 valence electrons. The molecule has 0 saturated heterocycles. The Hall–Kier alpha value is -3.22. The van der Waals surface area contributed by atoms with Crippen molar-refractivity contribution in [3.63, 3.8) is 0 Å². The van der Waals surface area contributed by atoms with Gasteiger partial charge in [0.1, 0.15) is 29.0 Å². The van der Waals surface area contributed by atoms with Gasteiger partial charge in [0, 0.05) is 6.42 Å². The first-order valence-corrected chi connectivity index (χ1v) is 10.3. The van der Waals surface area contributed by atoms with Crippen LogP contribution in [0.4, 0.5) is 22.0 Å². The molecule has 0 aromatic heterocycles. The van der Waals surface area contributed by atoms with E-state index in [4.69, 9.17) is 4.74 Å². The van der Waals surface area contributed by atoms with E-state index in [1.165, 1.54) is 6.92 Å². The number of halogens is 5. The largest absolute Gasteiger partial charge is 0.508 e. The maximum atomic E-state index is 13.9. The number of phenolic OH excluding ortho intramolecular Hbond substituents is 1. The second-order valence-electron chi connectivity index (χ2n) is 6.32. The molecule has 0 aliphatic rings. The highest BCUT2D eigenvalue weighted by molar-refractivity contribution is 7.92. The number of carbonyl (C=O) groups excluding carboxylic acids is 2. The molecule has 2 aromatic rings. The fraction of sp³-hybridized carbons (Fsp3) is 0.263. The van der Waals surface area contributed by atoms with Gasteiger partial charge in [0.2, 0.25) is 0 Å². The zero-order valence-corrected chi connectivity index (χ0v) is 17.1. The molecule has 1 atom stereocenters. The minimum Gasteiger partial charge on any atom is -0.508 e. The van der Waals surface area contributed by atoms with Gasteiger partial charge in [-0.2, -0.15) is 13.2 Å². The molecule has 32 heavy (non-hydrogen) atoms. The summed E-state index contributed by atoms with van der Waals surface area (Å²) in [7, 11) is -5.95. The van der Waals surface area contributed by atoms with Gasteiger partial charge in [-0.15, -0.1) is 0 Å². The normalized spacial score (nSPS) is 12.8. The zero-order valence-electron chi connectivity index (χ0n) is 16.2. The first kappa shape index (κ1) is 25.0. The van der Waals surface area contributed by atoms with Crippen LogP contribution < -0.4 is 5.32 Å². The van der Waals surface area contributed by atoms with Crippen LogP contribution in [0.2, 0.25) is 0 Å². The summed E-state index contributed by atoms with van der Waals surface area (Å²) in [5.41, 5.74) is -7.39. The number of ether oxygens (including phenoxy) is 1. The lowest BCUT2D eigenvalue weighted by Gasteiger charge is -2.20. The van der Waals surface area contributed by atoms with E-state index in [0.29, 0.717) is 6.07 Å². The van der Waals surface area contributed by atoms with E-state index < -0.39 is 73.1 Å². The first-order valence-electron chi connectivity index (χ1n) is 8.84. The second kappa shape index (κ2) is 9.51. The molecule has 0 fully saturated rings. The summed E-state index contributed by atoms with van der Waals surface area (Å²) in [6.07, 6.45) is -0.856. The van der Waals surface area contributed by atoms with Crippen LogP contribution in [0.3, 0.4) is 0 Å². The quantitative estimate of drug-likeness (QED) is 0.465. The SMILES string of the molecule is CCOC(=O)[C@H](Cc1ccc(O)cc1S(=O)(=O)C(F)(F)F)NC(=O)c1c(F)cccc1F. The van der Waals surface area contributed by atoms with Crippen LogP contribution in [0.1, 0.15) is 22.8 Å². The molecular formula is C19H16F5NO6S. The molecule has 0 bridgehead atoms. The van der Waals surface area contributed by atoms with Gasteiger partial charge in [0.15, 0.2) is 0 Å². The summed E-state index contributed by atoms with van der Waals surface area (Å²) >= 11 is 0. The average Bonchev–Trinajstić information content (AvgIpc) is 2.67. The standard InChI is InChI=1S/C19H16F5NO6S/c1-2-31-18(28)14(25-17(27)16-12(20)4-3-5-13(16)21)8-10-6-7-11(26)9-15(10)32(29,30)19(22,23)24/h3-7,9,14,26H,2,8H2,1H3,(H,25,27)/t14-/m0/s1. The molecule has 0 spiro atoms. The van der Waals surface area contributed by atoms with Gasteiger partial charge in [0.25, 0.3) is 15.7 Å². The van der Waals surface area contributed by atoms with E-state index in [9.17, 15) is 45.1 Å². The molecule has 0 aliphatic heterocycles. The lowest BCUT2D eigenvalue weighted by Crippen LogP contribution is -2.44. The third-order valence-corrected chi connectivity index (χ3v) is 5.70. The maximum Gasteiger partial charge on any atom is 0.501 e. The van der Waals surface area contributed by atoms with Gasteiger partial charge < -0.3 is 15.2 Å². The van der Waals surface area contributed by atoms with Crippen molar-refractivity contribution in [1.29, 1.82) is 0 Å². The van der Waals surface area contributed by atoms with Crippen LogP contribution in [0.5, 0.6) is 5.75 Å². The second-order valence-corrected chi connectivity index (χ2v) is 8.23. The maximum absolute atomic E-state index is 13.9. The van der Waals surface area contributed by atoms with Crippen molar-refractivity contribution < 1.29 is 49.8 Å². The monoisotopic (exact) mass is 481 g/mol. The highest BCUT2D eigenvalue weighted by Gasteiger charge is 2.48. The van der Waals surface area contributed by atoms with Crippen molar-refractivity contribution in [3.8, 4) is 5.75 Å². The average molecular weight is 481 g/mol. The number of hydrogen-bond acceptors (Lipinski definition) is 6. The Bertz CT molecular complexity index is 1110. The summed E-state index contributed by atoms with van der Waals surface area (Å²) in [6.45, 7) is 1.16. The summed E-state index contributed by atoms with van der Waals surface area (Å²) in [4.78, 5) is 23.3. The molecule has 0 unspecified atom stereocenters. The Morgan fingerprint density at radius 2 is 1.72 bits per heavy atom. The molecule has 0 radical (unpaired) electrons. The lowest BCUT2D eigenvalue weighted by atomic mass is 10.0. The summed E-state index contributed by atoms with van der Waals surface area (Å²) in [5, 5.41) is 11.4. The Labute approximate surface area is 178 Å². The summed E-state index contributed by atoms with van der Waals surface area (Å²) in [6, 6.07) is 2.71. The molecule has 13 heteroatoms. The van der Waals surface area contributed by atoms with Crippen LogP contribution in [0.25, 0.3) is 0 Å². The van der Waals surface area contributed by atoms with Gasteiger partial charge in [-0.3, -0.25) is 4.79 Å². The third-order valence-electron chi connectivity index (χ3n) is 4.14. The minimum absolute atomic E-state index is 0.220. The molecule has 2 rings (SSSR count). The number of alkyl halides is 3. The number of aromatic hydroxyl groups is 1. The predicted molar refractivity (Wildman–Crippen MR) is 99.3 cm³/mol. The number of amides is 1. The number of sulfone groups is 1. The van der Waals surface area contributed by atoms with Crippen LogP contribution >= 0.6 is 0 Å². The smallest absolute Gasteiger partial charge is 0.501 e. The van der Waals surface area contributed by atoms with E-state index in [1.807, 2.05) is 5.32 Å².